The largest absolute Gasteiger partial charge is 0.477 e. The molecular formula is C38H38Cl2F4N6O7. The van der Waals surface area contributed by atoms with Crippen LogP contribution in [0.15, 0.2) is 34.1 Å². The van der Waals surface area contributed by atoms with Crippen molar-refractivity contribution in [3.05, 3.63) is 77.8 Å². The number of aromatic carboxylic acids is 2. The molecule has 6 fully saturated rings. The highest BCUT2D eigenvalue weighted by molar-refractivity contribution is 6.38. The molecule has 57 heavy (non-hydrogen) atoms. The number of aromatic nitrogens is 2. The van der Waals surface area contributed by atoms with Gasteiger partial charge in [0.25, 0.3) is 0 Å². The van der Waals surface area contributed by atoms with E-state index in [9.17, 15) is 38.2 Å². The number of benzene rings is 2. The standard InChI is InChI=1S/2C19H18ClF2N3O3.H2O/c2*20-14-15-8(17(26)9(18(27)28)5-25(15)12-4-10(12)21)3-11(22)16(14)24-6-13(23)19(7-24)1-2-19;/h2*3,5,10,12-13H,1-2,4,6-7,23H2,(H,27,28);1H2/t2*10-,12?,13+;/m00./s1. The van der Waals surface area contributed by atoms with Crippen molar-refractivity contribution in [1.82, 2.24) is 9.13 Å². The minimum Gasteiger partial charge on any atom is -0.477 e. The van der Waals surface area contributed by atoms with E-state index in [2.05, 4.69) is 0 Å². The Morgan fingerprint density at radius 1 is 0.702 bits per heavy atom. The fourth-order valence-corrected chi connectivity index (χ4v) is 9.67. The quantitative estimate of drug-likeness (QED) is 0.199. The minimum atomic E-state index is -1.45. The lowest BCUT2D eigenvalue weighted by Gasteiger charge is -2.23. The van der Waals surface area contributed by atoms with Gasteiger partial charge in [0, 0.05) is 74.3 Å². The number of carboxylic acid groups (broad SMARTS) is 2. The van der Waals surface area contributed by atoms with E-state index in [1.54, 1.807) is 9.80 Å². The Morgan fingerprint density at radius 2 is 1.04 bits per heavy atom. The summed E-state index contributed by atoms with van der Waals surface area (Å²) >= 11 is 13.1. The van der Waals surface area contributed by atoms with E-state index in [-0.39, 0.29) is 84.5 Å². The van der Waals surface area contributed by atoms with Gasteiger partial charge < -0.3 is 46.1 Å². The summed E-state index contributed by atoms with van der Waals surface area (Å²) in [6.07, 6.45) is 4.22. The third kappa shape index (κ3) is 6.15. The SMILES string of the molecule is N[C@@H]1CN(c2c(F)cc3c(=O)c(C(=O)O)cn(C4C[C@@H]4F)c3c2Cl)CC12CC2.N[C@@H]1CN(c2c(F)cc3c(=O)c(C(=O)O)cn(C4C[C@@H]4F)c3c2Cl)CC12CC2.O. The van der Waals surface area contributed by atoms with E-state index in [0.717, 1.165) is 50.2 Å². The highest BCUT2D eigenvalue weighted by Crippen LogP contribution is 2.55. The van der Waals surface area contributed by atoms with Crippen LogP contribution in [0.2, 0.25) is 10.0 Å². The van der Waals surface area contributed by atoms with Gasteiger partial charge in [-0.3, -0.25) is 9.59 Å². The van der Waals surface area contributed by atoms with Crippen molar-refractivity contribution in [1.29, 1.82) is 0 Å². The summed E-state index contributed by atoms with van der Waals surface area (Å²) < 4.78 is 60.4. The lowest BCUT2D eigenvalue weighted by Crippen LogP contribution is -2.30. The van der Waals surface area contributed by atoms with E-state index < -0.39 is 70.0 Å². The van der Waals surface area contributed by atoms with Crippen molar-refractivity contribution in [2.75, 3.05) is 36.0 Å². The van der Waals surface area contributed by atoms with Crippen molar-refractivity contribution in [2.24, 2.45) is 22.3 Å². The predicted molar refractivity (Wildman–Crippen MR) is 205 cm³/mol. The number of alkyl halides is 2. The summed E-state index contributed by atoms with van der Waals surface area (Å²) in [7, 11) is 0. The summed E-state index contributed by atoms with van der Waals surface area (Å²) in [5.74, 6) is -4.31. The molecule has 19 heteroatoms. The van der Waals surface area contributed by atoms with E-state index in [1.807, 2.05) is 0 Å². The van der Waals surface area contributed by atoms with Gasteiger partial charge in [-0.2, -0.15) is 0 Å². The van der Waals surface area contributed by atoms with Gasteiger partial charge in [-0.05, 0) is 37.8 Å². The zero-order valence-electron chi connectivity index (χ0n) is 30.1. The smallest absolute Gasteiger partial charge is 0.341 e. The minimum absolute atomic E-state index is 0. The topological polar surface area (TPSA) is 209 Å². The number of hydrogen-bond donors (Lipinski definition) is 4. The summed E-state index contributed by atoms with van der Waals surface area (Å²) in [5, 5.41) is 18.3. The molecule has 0 radical (unpaired) electrons. The summed E-state index contributed by atoms with van der Waals surface area (Å²) in [6, 6.07) is 0.616. The summed E-state index contributed by atoms with van der Waals surface area (Å²) in [4.78, 5) is 51.7. The van der Waals surface area contributed by atoms with Crippen molar-refractivity contribution in [3.8, 4) is 0 Å². The van der Waals surface area contributed by atoms with Crippen LogP contribution in [-0.4, -0.2) is 87.4 Å². The third-order valence-electron chi connectivity index (χ3n) is 12.7. The lowest BCUT2D eigenvalue weighted by atomic mass is 10.0. The third-order valence-corrected chi connectivity index (χ3v) is 13.5. The van der Waals surface area contributed by atoms with Gasteiger partial charge in [-0.1, -0.05) is 23.2 Å². The Morgan fingerprint density at radius 3 is 1.30 bits per heavy atom. The maximum Gasteiger partial charge on any atom is 0.341 e. The Labute approximate surface area is 330 Å². The van der Waals surface area contributed by atoms with Crippen molar-refractivity contribution in [2.45, 2.75) is 75.0 Å². The molecule has 4 aliphatic carbocycles. The molecule has 4 aromatic rings. The Bertz CT molecular complexity index is 2370. The number of nitrogens with zero attached hydrogens (tertiary/aromatic N) is 4. The van der Waals surface area contributed by atoms with Crippen LogP contribution >= 0.6 is 23.2 Å². The van der Waals surface area contributed by atoms with Crippen LogP contribution in [0, 0.1) is 22.5 Å². The number of hydrogen-bond acceptors (Lipinski definition) is 8. The molecule has 10 rings (SSSR count). The molecule has 0 amide bonds. The van der Waals surface area contributed by atoms with Gasteiger partial charge in [0.2, 0.25) is 10.9 Å². The van der Waals surface area contributed by atoms with Crippen LogP contribution in [0.3, 0.4) is 0 Å². The first kappa shape index (κ1) is 39.4. The monoisotopic (exact) mass is 836 g/mol. The van der Waals surface area contributed by atoms with Gasteiger partial charge in [0.15, 0.2) is 0 Å². The molecule has 2 aliphatic heterocycles. The number of anilines is 2. The van der Waals surface area contributed by atoms with Crippen LogP contribution in [0.4, 0.5) is 28.9 Å². The number of carboxylic acids is 2. The molecule has 8 N–H and O–H groups in total. The molecule has 2 saturated heterocycles. The van der Waals surface area contributed by atoms with E-state index in [1.165, 1.54) is 9.13 Å². The van der Waals surface area contributed by atoms with E-state index in [0.29, 0.717) is 26.2 Å². The second kappa shape index (κ2) is 13.3. The van der Waals surface area contributed by atoms with Gasteiger partial charge in [-0.25, -0.2) is 27.2 Å². The highest BCUT2D eigenvalue weighted by atomic mass is 35.5. The number of rotatable bonds is 6. The molecule has 2 aromatic carbocycles. The van der Waals surface area contributed by atoms with Crippen molar-refractivity contribution >= 4 is 68.3 Å². The number of pyridine rings is 2. The first-order valence-corrected chi connectivity index (χ1v) is 19.1. The molecular weight excluding hydrogens is 799 g/mol. The van der Waals surface area contributed by atoms with Gasteiger partial charge in [0.1, 0.15) is 35.1 Å². The molecule has 2 aromatic heterocycles. The Balaban J connectivity index is 0.000000157. The molecule has 6 aliphatic rings. The molecule has 4 saturated carbocycles. The number of fused-ring (bicyclic) bond motifs is 2. The molecule has 6 atom stereocenters. The molecule has 13 nitrogen and oxygen atoms in total. The predicted octanol–water partition coefficient (Wildman–Crippen LogP) is 4.58. The average molecular weight is 838 g/mol. The lowest BCUT2D eigenvalue weighted by molar-refractivity contribution is 0.0684. The van der Waals surface area contributed by atoms with Crippen LogP contribution < -0.4 is 32.1 Å². The zero-order chi connectivity index (χ0) is 39.9. The van der Waals surface area contributed by atoms with Crippen LogP contribution in [-0.2, 0) is 0 Å². The van der Waals surface area contributed by atoms with Crippen molar-refractivity contribution < 1.29 is 42.8 Å². The van der Waals surface area contributed by atoms with Crippen molar-refractivity contribution in [3.63, 3.8) is 0 Å². The van der Waals surface area contributed by atoms with Crippen LogP contribution in [0.5, 0.6) is 0 Å². The second-order valence-electron chi connectivity index (χ2n) is 16.3. The summed E-state index contributed by atoms with van der Waals surface area (Å²) in [5.41, 5.74) is 10.3. The van der Waals surface area contributed by atoms with Gasteiger partial charge >= 0.3 is 11.9 Å². The van der Waals surface area contributed by atoms with E-state index >= 15 is 8.78 Å². The highest BCUT2D eigenvalue weighted by Gasteiger charge is 2.55. The zero-order valence-corrected chi connectivity index (χ0v) is 31.6. The van der Waals surface area contributed by atoms with E-state index in [4.69, 9.17) is 34.7 Å². The number of nitrogens with two attached hydrogens (primary N) is 2. The number of halogens is 6. The molecule has 2 unspecified atom stereocenters. The van der Waals surface area contributed by atoms with Crippen LogP contribution in [0.25, 0.3) is 21.8 Å². The molecule has 2 spiro atoms. The fourth-order valence-electron chi connectivity index (χ4n) is 8.86. The molecule has 0 bridgehead atoms. The second-order valence-corrected chi connectivity index (χ2v) is 17.1. The van der Waals surface area contributed by atoms with Gasteiger partial charge in [0.05, 0.1) is 55.3 Å². The van der Waals surface area contributed by atoms with Crippen LogP contribution in [0.1, 0.15) is 71.3 Å². The fraction of sp³-hybridized carbons (Fsp3) is 0.474. The average Bonchev–Trinajstić information content (AvgIpc) is 3.98. The molecule has 304 valence electrons. The molecule has 4 heterocycles. The summed E-state index contributed by atoms with van der Waals surface area (Å²) in [6.45, 7) is 2.02. The normalized spacial score (nSPS) is 27.1. The Kier molecular flexibility index (Phi) is 9.20. The first-order valence-electron chi connectivity index (χ1n) is 18.4. The van der Waals surface area contributed by atoms with Gasteiger partial charge in [-0.15, -0.1) is 0 Å². The maximum absolute atomic E-state index is 15.0. The first-order chi connectivity index (χ1) is 26.5. The number of carbonyl (C=O) groups is 2. The Hall–Kier alpha value is -4.42. The maximum atomic E-state index is 15.0.